The van der Waals surface area contributed by atoms with Crippen LogP contribution in [0.2, 0.25) is 20.1 Å². The molecular formula is C30H22Cl4N2O4. The Kier molecular flexibility index (Phi) is 11.3. The Morgan fingerprint density at radius 3 is 1.90 bits per heavy atom. The summed E-state index contributed by atoms with van der Waals surface area (Å²) < 4.78 is 0. The molecule has 0 saturated carbocycles. The highest BCUT2D eigenvalue weighted by molar-refractivity contribution is 6.42. The Balaban J connectivity index is 0.000000222. The molecule has 0 fully saturated rings. The maximum Gasteiger partial charge on any atom is 0.269 e. The molecule has 0 radical (unpaired) electrons. The predicted molar refractivity (Wildman–Crippen MR) is 163 cm³/mol. The summed E-state index contributed by atoms with van der Waals surface area (Å²) in [7, 11) is 0. The van der Waals surface area contributed by atoms with E-state index in [0.29, 0.717) is 55.3 Å². The Morgan fingerprint density at radius 2 is 1.32 bits per heavy atom. The number of carbonyl (C=O) groups is 2. The highest BCUT2D eigenvalue weighted by Gasteiger charge is 2.08. The molecule has 0 aliphatic rings. The monoisotopic (exact) mass is 614 g/mol. The lowest BCUT2D eigenvalue weighted by atomic mass is 10.0. The van der Waals surface area contributed by atoms with E-state index in [1.54, 1.807) is 66.7 Å². The second kappa shape index (κ2) is 14.6. The number of nitro benzene ring substituents is 1. The quantitative estimate of drug-likeness (QED) is 0.0699. The third-order valence-corrected chi connectivity index (χ3v) is 7.07. The molecule has 4 aromatic rings. The summed E-state index contributed by atoms with van der Waals surface area (Å²) in [6.45, 7) is 0. The molecule has 10 heteroatoms. The van der Waals surface area contributed by atoms with Gasteiger partial charge in [-0.25, -0.2) is 0 Å². The second-order valence-corrected chi connectivity index (χ2v) is 10.1. The van der Waals surface area contributed by atoms with Crippen molar-refractivity contribution in [2.45, 2.75) is 12.8 Å². The number of non-ortho nitro benzene ring substituents is 1. The van der Waals surface area contributed by atoms with Crippen LogP contribution >= 0.6 is 46.4 Å². The third-order valence-electron chi connectivity index (χ3n) is 5.59. The number of nitrogens with two attached hydrogens (primary N) is 1. The van der Waals surface area contributed by atoms with Crippen LogP contribution in [-0.2, 0) is 6.42 Å². The number of nitrogen functional groups attached to an aromatic ring is 1. The van der Waals surface area contributed by atoms with Crippen molar-refractivity contribution >= 4 is 75.4 Å². The van der Waals surface area contributed by atoms with Crippen LogP contribution in [0.15, 0.2) is 91.0 Å². The van der Waals surface area contributed by atoms with Gasteiger partial charge in [0.25, 0.3) is 5.69 Å². The number of ketones is 2. The van der Waals surface area contributed by atoms with E-state index in [4.69, 9.17) is 52.1 Å². The van der Waals surface area contributed by atoms with Gasteiger partial charge in [0.15, 0.2) is 11.6 Å². The van der Waals surface area contributed by atoms with Crippen LogP contribution in [0.1, 0.15) is 38.3 Å². The highest BCUT2D eigenvalue weighted by Crippen LogP contribution is 2.24. The van der Waals surface area contributed by atoms with Gasteiger partial charge >= 0.3 is 0 Å². The van der Waals surface area contributed by atoms with Crippen molar-refractivity contribution in [2.24, 2.45) is 0 Å². The van der Waals surface area contributed by atoms with Gasteiger partial charge in [-0.15, -0.1) is 0 Å². The van der Waals surface area contributed by atoms with Gasteiger partial charge in [0.05, 0.1) is 25.0 Å². The van der Waals surface area contributed by atoms with E-state index in [2.05, 4.69) is 0 Å². The maximum absolute atomic E-state index is 12.0. The molecular weight excluding hydrogens is 594 g/mol. The van der Waals surface area contributed by atoms with Crippen LogP contribution in [0.5, 0.6) is 0 Å². The number of nitrogens with zero attached hydrogens (tertiary/aromatic N) is 1. The van der Waals surface area contributed by atoms with Crippen molar-refractivity contribution in [3.05, 3.63) is 143 Å². The zero-order valence-electron chi connectivity index (χ0n) is 20.8. The minimum atomic E-state index is -0.478. The van der Waals surface area contributed by atoms with Gasteiger partial charge in [0.2, 0.25) is 0 Å². The third kappa shape index (κ3) is 9.21. The molecule has 0 aromatic heterocycles. The van der Waals surface area contributed by atoms with Crippen molar-refractivity contribution in [2.75, 3.05) is 5.73 Å². The maximum atomic E-state index is 12.0. The summed E-state index contributed by atoms with van der Waals surface area (Å²) in [5, 5.41) is 12.3. The van der Waals surface area contributed by atoms with E-state index in [1.807, 2.05) is 6.07 Å². The van der Waals surface area contributed by atoms with Crippen molar-refractivity contribution in [1.29, 1.82) is 0 Å². The Hall–Kier alpha value is -3.68. The number of halogens is 4. The molecule has 4 rings (SSSR count). The van der Waals surface area contributed by atoms with Crippen molar-refractivity contribution < 1.29 is 14.5 Å². The topological polar surface area (TPSA) is 103 Å². The number of hydrogen-bond donors (Lipinski definition) is 1. The molecule has 0 aliphatic carbocycles. The lowest BCUT2D eigenvalue weighted by Gasteiger charge is -2.04. The molecule has 2 N–H and O–H groups in total. The van der Waals surface area contributed by atoms with E-state index in [9.17, 15) is 19.7 Å². The number of benzene rings is 4. The number of carbonyl (C=O) groups excluding carboxylic acids is 2. The van der Waals surface area contributed by atoms with Crippen molar-refractivity contribution in [3.63, 3.8) is 0 Å². The molecule has 40 heavy (non-hydrogen) atoms. The summed E-state index contributed by atoms with van der Waals surface area (Å²) in [5.41, 5.74) is 9.02. The van der Waals surface area contributed by atoms with E-state index in [0.717, 1.165) is 5.56 Å². The van der Waals surface area contributed by atoms with Crippen molar-refractivity contribution in [1.82, 2.24) is 0 Å². The van der Waals surface area contributed by atoms with Crippen LogP contribution < -0.4 is 5.73 Å². The largest absolute Gasteiger partial charge is 0.399 e. The zero-order chi connectivity index (χ0) is 29.2. The SMILES string of the molecule is Nc1ccc(C(=O)CCc2ccc(Cl)c(Cl)c2)cc1.O=C(C=Cc1ccc([N+](=O)[O-])cc1)c1ccc(Cl)c(Cl)c1. The van der Waals surface area contributed by atoms with Gasteiger partial charge in [-0.1, -0.05) is 58.5 Å². The highest BCUT2D eigenvalue weighted by atomic mass is 35.5. The van der Waals surface area contributed by atoms with Crippen LogP contribution in [0.3, 0.4) is 0 Å². The number of hydrogen-bond acceptors (Lipinski definition) is 5. The second-order valence-electron chi connectivity index (χ2n) is 8.47. The Labute approximate surface area is 251 Å². The van der Waals surface area contributed by atoms with Gasteiger partial charge in [-0.3, -0.25) is 19.7 Å². The van der Waals surface area contributed by atoms with Gasteiger partial charge in [-0.2, -0.15) is 0 Å². The van der Waals surface area contributed by atoms with E-state index < -0.39 is 4.92 Å². The summed E-state index contributed by atoms with van der Waals surface area (Å²) in [4.78, 5) is 34.0. The zero-order valence-corrected chi connectivity index (χ0v) is 23.8. The molecule has 6 nitrogen and oxygen atoms in total. The number of Topliss-reactive ketones (excluding diaryl/α,β-unsaturated/α-hetero) is 1. The summed E-state index contributed by atoms with van der Waals surface area (Å²) in [5.74, 6) is -0.141. The smallest absolute Gasteiger partial charge is 0.269 e. The first-order valence-corrected chi connectivity index (χ1v) is 13.3. The number of anilines is 1. The first-order chi connectivity index (χ1) is 19.0. The molecule has 204 valence electrons. The summed E-state index contributed by atoms with van der Waals surface area (Å²) in [6, 6.07) is 22.9. The number of nitro groups is 1. The van der Waals surface area contributed by atoms with Crippen LogP contribution in [0.4, 0.5) is 11.4 Å². The van der Waals surface area contributed by atoms with Crippen LogP contribution in [0.25, 0.3) is 6.08 Å². The normalized spacial score (nSPS) is 10.6. The summed E-state index contributed by atoms with van der Waals surface area (Å²) >= 11 is 23.4. The molecule has 0 aliphatic heterocycles. The molecule has 0 heterocycles. The number of rotatable bonds is 8. The van der Waals surface area contributed by atoms with Gasteiger partial charge in [0.1, 0.15) is 0 Å². The van der Waals surface area contributed by atoms with Gasteiger partial charge < -0.3 is 5.73 Å². The summed E-state index contributed by atoms with van der Waals surface area (Å²) in [6.07, 6.45) is 4.03. The van der Waals surface area contributed by atoms with Crippen molar-refractivity contribution in [3.8, 4) is 0 Å². The fourth-order valence-corrected chi connectivity index (χ4v) is 4.01. The Morgan fingerprint density at radius 1 is 0.750 bits per heavy atom. The molecule has 0 atom stereocenters. The van der Waals surface area contributed by atoms with Crippen LogP contribution in [-0.4, -0.2) is 16.5 Å². The molecule has 0 amide bonds. The lowest BCUT2D eigenvalue weighted by molar-refractivity contribution is -0.384. The average molecular weight is 616 g/mol. The molecule has 0 spiro atoms. The fraction of sp³-hybridized carbons (Fsp3) is 0.0667. The van der Waals surface area contributed by atoms with Gasteiger partial charge in [-0.05, 0) is 90.4 Å². The Bertz CT molecular complexity index is 1550. The number of allylic oxidation sites excluding steroid dienone is 1. The standard InChI is InChI=1S/C15H9Cl2NO3.C15H13Cl2NO/c16-13-7-4-11(9-14(13)17)15(19)8-3-10-1-5-12(6-2-10)18(20)21;16-13-7-1-10(9-14(13)17)2-8-15(19)11-3-5-12(18)6-4-11/h1-9H;1,3-7,9H,2,8,18H2. The lowest BCUT2D eigenvalue weighted by Crippen LogP contribution is -2.01. The molecule has 0 bridgehead atoms. The van der Waals surface area contributed by atoms with E-state index >= 15 is 0 Å². The minimum absolute atomic E-state index is 0.00274. The average Bonchev–Trinajstić information content (AvgIpc) is 2.94. The minimum Gasteiger partial charge on any atom is -0.399 e. The number of aryl methyl sites for hydroxylation is 1. The molecule has 0 saturated heterocycles. The first-order valence-electron chi connectivity index (χ1n) is 11.8. The molecule has 0 unspecified atom stereocenters. The fourth-order valence-electron chi connectivity index (χ4n) is 3.39. The van der Waals surface area contributed by atoms with E-state index in [1.165, 1.54) is 24.3 Å². The van der Waals surface area contributed by atoms with Crippen LogP contribution in [0, 0.1) is 10.1 Å². The molecule has 4 aromatic carbocycles. The predicted octanol–water partition coefficient (Wildman–Crippen LogP) is 9.19. The van der Waals surface area contributed by atoms with E-state index in [-0.39, 0.29) is 17.3 Å². The van der Waals surface area contributed by atoms with Gasteiger partial charge in [0, 0.05) is 35.4 Å². The first kappa shape index (κ1) is 30.9.